The van der Waals surface area contributed by atoms with Crippen molar-refractivity contribution in [2.24, 2.45) is 5.41 Å². The lowest BCUT2D eigenvalue weighted by Gasteiger charge is -2.45. The van der Waals surface area contributed by atoms with Gasteiger partial charge in [-0.1, -0.05) is 36.4 Å². The van der Waals surface area contributed by atoms with Crippen molar-refractivity contribution < 1.29 is 19.1 Å². The molecule has 4 heteroatoms. The Morgan fingerprint density at radius 2 is 1.88 bits per heavy atom. The number of carbonyl (C=O) groups excluding carboxylic acids is 3. The number of hydrogen-bond donors (Lipinski definition) is 0. The van der Waals surface area contributed by atoms with Gasteiger partial charge in [0.15, 0.2) is 11.4 Å². The van der Waals surface area contributed by atoms with Crippen LogP contribution in [0.25, 0.3) is 10.8 Å². The second-order valence-electron chi connectivity index (χ2n) is 6.99. The zero-order valence-electron chi connectivity index (χ0n) is 13.7. The van der Waals surface area contributed by atoms with E-state index in [0.29, 0.717) is 24.0 Å². The topological polar surface area (TPSA) is 60.4 Å². The SMILES string of the molecule is CC(=O)O[C@@]12CCC(=O)[C@@]1(C)CC(=O)c1c2ccc2ccccc12. The van der Waals surface area contributed by atoms with Crippen LogP contribution in [0.2, 0.25) is 0 Å². The maximum absolute atomic E-state index is 12.9. The molecule has 0 N–H and O–H groups in total. The number of benzene rings is 2. The summed E-state index contributed by atoms with van der Waals surface area (Å²) in [4.78, 5) is 37.4. The van der Waals surface area contributed by atoms with E-state index in [0.717, 1.165) is 10.8 Å². The zero-order chi connectivity index (χ0) is 17.1. The lowest BCUT2D eigenvalue weighted by atomic mass is 9.62. The Balaban J connectivity index is 2.08. The number of Topliss-reactive ketones (excluding diaryl/α,β-unsaturated/α-hetero) is 2. The highest BCUT2D eigenvalue weighted by atomic mass is 16.6. The number of rotatable bonds is 1. The number of esters is 1. The standard InChI is InChI=1S/C20H18O4/c1-12(21)24-20-10-9-17(23)19(20,2)11-16(22)18-14-6-4-3-5-13(14)7-8-15(18)20/h3-8H,9-11H2,1-2H3/t19-,20-/m1/s1. The molecular weight excluding hydrogens is 304 g/mol. The largest absolute Gasteiger partial charge is 0.453 e. The summed E-state index contributed by atoms with van der Waals surface area (Å²) in [6, 6.07) is 11.5. The quantitative estimate of drug-likeness (QED) is 0.753. The molecule has 4 rings (SSSR count). The van der Waals surface area contributed by atoms with Crippen molar-refractivity contribution in [3.63, 3.8) is 0 Å². The van der Waals surface area contributed by atoms with Gasteiger partial charge in [0.05, 0.1) is 5.41 Å². The van der Waals surface area contributed by atoms with Crippen LogP contribution in [-0.2, 0) is 19.9 Å². The normalized spacial score (nSPS) is 28.6. The smallest absolute Gasteiger partial charge is 0.303 e. The predicted octanol–water partition coefficient (Wildman–Crippen LogP) is 3.55. The first kappa shape index (κ1) is 15.1. The average Bonchev–Trinajstić information content (AvgIpc) is 2.79. The molecule has 0 unspecified atom stereocenters. The molecule has 4 nitrogen and oxygen atoms in total. The minimum atomic E-state index is -1.04. The number of ether oxygens (including phenoxy) is 1. The molecule has 0 aromatic heterocycles. The zero-order valence-corrected chi connectivity index (χ0v) is 13.7. The molecule has 1 saturated carbocycles. The highest BCUT2D eigenvalue weighted by Gasteiger charge is 2.64. The van der Waals surface area contributed by atoms with Gasteiger partial charge in [-0.15, -0.1) is 0 Å². The molecule has 0 bridgehead atoms. The molecule has 2 aliphatic rings. The van der Waals surface area contributed by atoms with Gasteiger partial charge < -0.3 is 4.74 Å². The van der Waals surface area contributed by atoms with E-state index in [1.54, 1.807) is 6.92 Å². The Bertz CT molecular complexity index is 913. The van der Waals surface area contributed by atoms with Gasteiger partial charge in [-0.2, -0.15) is 0 Å². The Kier molecular flexibility index (Phi) is 2.99. The summed E-state index contributed by atoms with van der Waals surface area (Å²) >= 11 is 0. The van der Waals surface area contributed by atoms with Crippen molar-refractivity contribution in [3.8, 4) is 0 Å². The van der Waals surface area contributed by atoms with Crippen LogP contribution in [-0.4, -0.2) is 17.5 Å². The Hall–Kier alpha value is -2.49. The molecule has 2 aromatic rings. The number of hydrogen-bond acceptors (Lipinski definition) is 4. The minimum absolute atomic E-state index is 0.00379. The molecule has 0 saturated heterocycles. The predicted molar refractivity (Wildman–Crippen MR) is 88.7 cm³/mol. The molecule has 0 spiro atoms. The third-order valence-corrected chi connectivity index (χ3v) is 5.69. The van der Waals surface area contributed by atoms with E-state index in [1.807, 2.05) is 36.4 Å². The monoisotopic (exact) mass is 322 g/mol. The second kappa shape index (κ2) is 4.76. The molecule has 0 radical (unpaired) electrons. The lowest BCUT2D eigenvalue weighted by molar-refractivity contribution is -0.174. The molecular formula is C20H18O4. The van der Waals surface area contributed by atoms with Crippen molar-refractivity contribution in [3.05, 3.63) is 47.5 Å². The third-order valence-electron chi connectivity index (χ3n) is 5.69. The molecule has 0 aliphatic heterocycles. The van der Waals surface area contributed by atoms with Gasteiger partial charge in [0.2, 0.25) is 0 Å². The third kappa shape index (κ3) is 1.71. The Morgan fingerprint density at radius 1 is 1.12 bits per heavy atom. The lowest BCUT2D eigenvalue weighted by Crippen LogP contribution is -2.51. The molecule has 24 heavy (non-hydrogen) atoms. The van der Waals surface area contributed by atoms with Crippen molar-refractivity contribution in [1.29, 1.82) is 0 Å². The summed E-state index contributed by atoms with van der Waals surface area (Å²) in [7, 11) is 0. The maximum atomic E-state index is 12.9. The highest BCUT2D eigenvalue weighted by Crippen LogP contribution is 2.59. The molecule has 122 valence electrons. The van der Waals surface area contributed by atoms with Crippen molar-refractivity contribution in [2.75, 3.05) is 0 Å². The first-order valence-electron chi connectivity index (χ1n) is 8.17. The fourth-order valence-electron chi connectivity index (χ4n) is 4.52. The summed E-state index contributed by atoms with van der Waals surface area (Å²) in [5.41, 5.74) is -0.739. The van der Waals surface area contributed by atoms with E-state index in [9.17, 15) is 14.4 Å². The van der Waals surface area contributed by atoms with E-state index in [4.69, 9.17) is 4.74 Å². The molecule has 2 aromatic carbocycles. The van der Waals surface area contributed by atoms with Gasteiger partial charge in [-0.05, 0) is 24.1 Å². The number of ketones is 2. The van der Waals surface area contributed by atoms with E-state index < -0.39 is 17.0 Å². The van der Waals surface area contributed by atoms with Crippen LogP contribution in [0.15, 0.2) is 36.4 Å². The summed E-state index contributed by atoms with van der Waals surface area (Å²) in [6.07, 6.45) is 0.837. The van der Waals surface area contributed by atoms with Crippen LogP contribution < -0.4 is 0 Å². The van der Waals surface area contributed by atoms with Crippen LogP contribution >= 0.6 is 0 Å². The van der Waals surface area contributed by atoms with Crippen molar-refractivity contribution in [2.45, 2.75) is 38.7 Å². The van der Waals surface area contributed by atoms with Gasteiger partial charge in [-0.3, -0.25) is 14.4 Å². The number of carbonyl (C=O) groups is 3. The van der Waals surface area contributed by atoms with Gasteiger partial charge in [0.1, 0.15) is 5.78 Å². The number of fused-ring (bicyclic) bond motifs is 5. The van der Waals surface area contributed by atoms with Gasteiger partial charge in [0, 0.05) is 30.9 Å². The first-order chi connectivity index (χ1) is 11.4. The van der Waals surface area contributed by atoms with Gasteiger partial charge in [-0.25, -0.2) is 0 Å². The highest BCUT2D eigenvalue weighted by molar-refractivity contribution is 6.13. The summed E-state index contributed by atoms with van der Waals surface area (Å²) < 4.78 is 5.79. The Labute approximate surface area is 139 Å². The molecule has 2 atom stereocenters. The van der Waals surface area contributed by atoms with Crippen LogP contribution in [0.5, 0.6) is 0 Å². The van der Waals surface area contributed by atoms with Crippen molar-refractivity contribution >= 4 is 28.3 Å². The van der Waals surface area contributed by atoms with Crippen LogP contribution in [0.1, 0.15) is 49.0 Å². The molecule has 0 heterocycles. The van der Waals surface area contributed by atoms with Crippen LogP contribution in [0.4, 0.5) is 0 Å². The van der Waals surface area contributed by atoms with Crippen LogP contribution in [0.3, 0.4) is 0 Å². The van der Waals surface area contributed by atoms with E-state index in [1.165, 1.54) is 6.92 Å². The second-order valence-corrected chi connectivity index (χ2v) is 6.99. The average molecular weight is 322 g/mol. The maximum Gasteiger partial charge on any atom is 0.303 e. The molecule has 2 aliphatic carbocycles. The first-order valence-corrected chi connectivity index (χ1v) is 8.17. The van der Waals surface area contributed by atoms with Gasteiger partial charge in [0.25, 0.3) is 0 Å². The van der Waals surface area contributed by atoms with E-state index >= 15 is 0 Å². The fourth-order valence-corrected chi connectivity index (χ4v) is 4.52. The van der Waals surface area contributed by atoms with Crippen molar-refractivity contribution in [1.82, 2.24) is 0 Å². The Morgan fingerprint density at radius 3 is 2.62 bits per heavy atom. The summed E-state index contributed by atoms with van der Waals surface area (Å²) in [6.45, 7) is 3.12. The minimum Gasteiger partial charge on any atom is -0.453 e. The van der Waals surface area contributed by atoms with E-state index in [-0.39, 0.29) is 18.0 Å². The summed E-state index contributed by atoms with van der Waals surface area (Å²) in [5, 5.41) is 1.82. The van der Waals surface area contributed by atoms with E-state index in [2.05, 4.69) is 0 Å². The van der Waals surface area contributed by atoms with Gasteiger partial charge >= 0.3 is 5.97 Å². The molecule has 1 fully saturated rings. The fraction of sp³-hybridized carbons (Fsp3) is 0.350. The molecule has 0 amide bonds. The van der Waals surface area contributed by atoms with Crippen LogP contribution in [0, 0.1) is 5.41 Å². The summed E-state index contributed by atoms with van der Waals surface area (Å²) in [5.74, 6) is -0.484.